The molecule has 1 N–H and O–H groups in total. The van der Waals surface area contributed by atoms with Gasteiger partial charge in [-0.05, 0) is 42.5 Å². The second kappa shape index (κ2) is 6.42. The summed E-state index contributed by atoms with van der Waals surface area (Å²) < 4.78 is 14.9. The summed E-state index contributed by atoms with van der Waals surface area (Å²) in [7, 11) is 0. The summed E-state index contributed by atoms with van der Waals surface area (Å²) in [6.45, 7) is 0.0778. The van der Waals surface area contributed by atoms with Crippen molar-refractivity contribution in [2.75, 3.05) is 5.32 Å². The van der Waals surface area contributed by atoms with Gasteiger partial charge in [0.2, 0.25) is 5.91 Å². The van der Waals surface area contributed by atoms with Crippen molar-refractivity contribution in [2.45, 2.75) is 6.54 Å². The van der Waals surface area contributed by atoms with Gasteiger partial charge in [0.1, 0.15) is 17.9 Å². The van der Waals surface area contributed by atoms with Gasteiger partial charge in [-0.1, -0.05) is 30.3 Å². The lowest BCUT2D eigenvalue weighted by molar-refractivity contribution is -0.116. The number of hydrogen-bond acceptors (Lipinski definition) is 3. The molecule has 5 aromatic rings. The third-order valence-electron chi connectivity index (χ3n) is 4.69. The lowest BCUT2D eigenvalue weighted by Gasteiger charge is -2.08. The van der Waals surface area contributed by atoms with Gasteiger partial charge in [0, 0.05) is 11.1 Å². The number of nitrogens with zero attached hydrogens (tertiary/aromatic N) is 3. The molecule has 1 amide bonds. The molecule has 0 fully saturated rings. The monoisotopic (exact) mass is 370 g/mol. The van der Waals surface area contributed by atoms with Crippen molar-refractivity contribution in [1.29, 1.82) is 0 Å². The van der Waals surface area contributed by atoms with Crippen molar-refractivity contribution in [3.8, 4) is 0 Å². The normalized spacial score (nSPS) is 11.3. The summed E-state index contributed by atoms with van der Waals surface area (Å²) in [5.74, 6) is -0.563. The molecule has 2 aromatic heterocycles. The third-order valence-corrected chi connectivity index (χ3v) is 4.69. The van der Waals surface area contributed by atoms with Crippen LogP contribution in [0.25, 0.3) is 33.1 Å². The fraction of sp³-hybridized carbons (Fsp3) is 0.0455. The number of fused-ring (bicyclic) bond motifs is 4. The Balaban J connectivity index is 1.61. The largest absolute Gasteiger partial charge is 0.325 e. The van der Waals surface area contributed by atoms with Gasteiger partial charge in [-0.2, -0.15) is 0 Å². The summed E-state index contributed by atoms with van der Waals surface area (Å²) in [6.07, 6.45) is 0. The number of para-hydroxylation sites is 3. The molecule has 28 heavy (non-hydrogen) atoms. The first-order valence-corrected chi connectivity index (χ1v) is 8.88. The second-order valence-electron chi connectivity index (χ2n) is 6.54. The summed E-state index contributed by atoms with van der Waals surface area (Å²) in [5, 5.41) is 3.75. The minimum absolute atomic E-state index is 0.0778. The number of carbonyl (C=O) groups is 1. The van der Waals surface area contributed by atoms with Gasteiger partial charge in [-0.3, -0.25) is 4.79 Å². The molecule has 6 heteroatoms. The number of aromatic nitrogens is 3. The van der Waals surface area contributed by atoms with Gasteiger partial charge in [-0.25, -0.2) is 14.4 Å². The maximum absolute atomic E-state index is 13.1. The van der Waals surface area contributed by atoms with Gasteiger partial charge in [-0.15, -0.1) is 0 Å². The molecule has 0 saturated carbocycles. The molecule has 136 valence electrons. The van der Waals surface area contributed by atoms with Crippen molar-refractivity contribution in [2.24, 2.45) is 0 Å². The molecule has 0 saturated heterocycles. The maximum Gasteiger partial charge on any atom is 0.244 e. The standard InChI is InChI=1S/C22H15FN4O/c23-14-9-11-15(12-10-14)24-20(28)13-27-19-8-4-1-5-16(19)21-22(27)26-18-7-3-2-6-17(18)25-21/h1-12H,13H2,(H,24,28). The van der Waals surface area contributed by atoms with Crippen LogP contribution in [0.4, 0.5) is 10.1 Å². The van der Waals surface area contributed by atoms with E-state index in [-0.39, 0.29) is 18.3 Å². The van der Waals surface area contributed by atoms with E-state index in [1.165, 1.54) is 24.3 Å². The predicted octanol–water partition coefficient (Wildman–Crippen LogP) is 4.52. The fourth-order valence-electron chi connectivity index (χ4n) is 3.42. The van der Waals surface area contributed by atoms with Crippen molar-refractivity contribution in [3.63, 3.8) is 0 Å². The van der Waals surface area contributed by atoms with Crippen LogP contribution in [-0.4, -0.2) is 20.4 Å². The summed E-state index contributed by atoms with van der Waals surface area (Å²) in [5.41, 5.74) is 4.45. The van der Waals surface area contributed by atoms with Crippen LogP contribution in [0.3, 0.4) is 0 Å². The number of amides is 1. The molecule has 5 rings (SSSR count). The van der Waals surface area contributed by atoms with Crippen molar-refractivity contribution in [1.82, 2.24) is 14.5 Å². The first-order chi connectivity index (χ1) is 13.7. The summed E-state index contributed by atoms with van der Waals surface area (Å²) in [6, 6.07) is 21.2. The number of carbonyl (C=O) groups excluding carboxylic acids is 1. The number of halogens is 1. The molecule has 0 aliphatic rings. The van der Waals surface area contributed by atoms with Crippen LogP contribution in [0, 0.1) is 5.82 Å². The third kappa shape index (κ3) is 2.75. The quantitative estimate of drug-likeness (QED) is 0.508. The number of nitrogens with one attached hydrogen (secondary N) is 1. The number of benzene rings is 3. The van der Waals surface area contributed by atoms with Crippen LogP contribution < -0.4 is 5.32 Å². The molecule has 0 spiro atoms. The molecule has 0 bridgehead atoms. The summed E-state index contributed by atoms with van der Waals surface area (Å²) in [4.78, 5) is 22.2. The molecular weight excluding hydrogens is 355 g/mol. The Morgan fingerprint density at radius 2 is 1.57 bits per heavy atom. The maximum atomic E-state index is 13.1. The molecular formula is C22H15FN4O. The first kappa shape index (κ1) is 16.4. The Morgan fingerprint density at radius 1 is 0.893 bits per heavy atom. The van der Waals surface area contributed by atoms with Crippen LogP contribution >= 0.6 is 0 Å². The molecule has 0 aliphatic carbocycles. The van der Waals surface area contributed by atoms with E-state index in [1.807, 2.05) is 53.1 Å². The highest BCUT2D eigenvalue weighted by molar-refractivity contribution is 6.07. The van der Waals surface area contributed by atoms with Gasteiger partial charge >= 0.3 is 0 Å². The van der Waals surface area contributed by atoms with E-state index >= 15 is 0 Å². The van der Waals surface area contributed by atoms with Crippen LogP contribution in [0.15, 0.2) is 72.8 Å². The highest BCUT2D eigenvalue weighted by atomic mass is 19.1. The highest BCUT2D eigenvalue weighted by Crippen LogP contribution is 2.28. The van der Waals surface area contributed by atoms with Gasteiger partial charge < -0.3 is 9.88 Å². The van der Waals surface area contributed by atoms with Crippen LogP contribution in [-0.2, 0) is 11.3 Å². The Kier molecular flexibility index (Phi) is 3.76. The Labute approximate surface area is 159 Å². The Hall–Kier alpha value is -3.80. The zero-order valence-electron chi connectivity index (χ0n) is 14.8. The van der Waals surface area contributed by atoms with Gasteiger partial charge in [0.05, 0.1) is 16.6 Å². The minimum Gasteiger partial charge on any atom is -0.325 e. The number of hydrogen-bond donors (Lipinski definition) is 1. The average molecular weight is 370 g/mol. The second-order valence-corrected chi connectivity index (χ2v) is 6.54. The zero-order valence-corrected chi connectivity index (χ0v) is 14.8. The molecule has 5 nitrogen and oxygen atoms in total. The summed E-state index contributed by atoms with van der Waals surface area (Å²) >= 11 is 0. The topological polar surface area (TPSA) is 59.8 Å². The van der Waals surface area contributed by atoms with E-state index in [4.69, 9.17) is 9.97 Å². The number of anilines is 1. The Bertz CT molecular complexity index is 1340. The van der Waals surface area contributed by atoms with E-state index < -0.39 is 0 Å². The molecule has 0 radical (unpaired) electrons. The smallest absolute Gasteiger partial charge is 0.244 e. The lowest BCUT2D eigenvalue weighted by Crippen LogP contribution is -2.18. The van der Waals surface area contributed by atoms with E-state index in [1.54, 1.807) is 0 Å². The molecule has 0 unspecified atom stereocenters. The minimum atomic E-state index is -0.345. The van der Waals surface area contributed by atoms with Gasteiger partial charge in [0.15, 0.2) is 5.65 Å². The fourth-order valence-corrected chi connectivity index (χ4v) is 3.42. The highest BCUT2D eigenvalue weighted by Gasteiger charge is 2.16. The SMILES string of the molecule is O=C(Cn1c2ccccc2c2nc3ccccc3nc21)Nc1ccc(F)cc1. The van der Waals surface area contributed by atoms with E-state index in [0.717, 1.165) is 27.5 Å². The van der Waals surface area contributed by atoms with Crippen LogP contribution in [0.2, 0.25) is 0 Å². The van der Waals surface area contributed by atoms with E-state index in [9.17, 15) is 9.18 Å². The lowest BCUT2D eigenvalue weighted by atomic mass is 10.2. The Morgan fingerprint density at radius 3 is 2.36 bits per heavy atom. The van der Waals surface area contributed by atoms with Crippen molar-refractivity contribution >= 4 is 44.7 Å². The molecule has 0 atom stereocenters. The zero-order chi connectivity index (χ0) is 19.1. The number of rotatable bonds is 3. The van der Waals surface area contributed by atoms with Crippen LogP contribution in [0.1, 0.15) is 0 Å². The van der Waals surface area contributed by atoms with Gasteiger partial charge in [0.25, 0.3) is 0 Å². The van der Waals surface area contributed by atoms with Crippen molar-refractivity contribution in [3.05, 3.63) is 78.6 Å². The van der Waals surface area contributed by atoms with Crippen LogP contribution in [0.5, 0.6) is 0 Å². The molecule has 0 aliphatic heterocycles. The molecule has 2 heterocycles. The predicted molar refractivity (Wildman–Crippen MR) is 108 cm³/mol. The first-order valence-electron chi connectivity index (χ1n) is 8.88. The average Bonchev–Trinajstić information content (AvgIpc) is 3.01. The van der Waals surface area contributed by atoms with E-state index in [2.05, 4.69) is 5.32 Å². The van der Waals surface area contributed by atoms with Crippen molar-refractivity contribution < 1.29 is 9.18 Å². The van der Waals surface area contributed by atoms with E-state index in [0.29, 0.717) is 11.3 Å². The molecule has 3 aromatic carbocycles.